The lowest BCUT2D eigenvalue weighted by atomic mass is 9.94. The number of aliphatic hydroxyl groups is 2. The van der Waals surface area contributed by atoms with Gasteiger partial charge in [-0.25, -0.2) is 14.4 Å². The van der Waals surface area contributed by atoms with E-state index in [1.165, 1.54) is 30.3 Å². The van der Waals surface area contributed by atoms with E-state index in [0.29, 0.717) is 28.0 Å². The molecule has 10 rings (SSSR count). The molecule has 440 valence electrons. The number of β-amino-alcohol motifs (C(OH)–C–C–N with tert-alkyl or cyclic N) is 1. The number of amides is 2. The Kier molecular flexibility index (Phi) is 20.1. The Balaban J connectivity index is 1.02. The topological polar surface area (TPSA) is 206 Å². The Labute approximate surface area is 503 Å². The molecule has 1 fully saturated rings. The number of ketones is 1. The Hall–Kier alpha value is -10.6. The minimum absolute atomic E-state index is 0.00929. The fourth-order valence-electron chi connectivity index (χ4n) is 9.68. The van der Waals surface area contributed by atoms with Crippen molar-refractivity contribution in [1.29, 1.82) is 0 Å². The molecule has 0 spiro atoms. The van der Waals surface area contributed by atoms with Crippen molar-refractivity contribution in [2.75, 3.05) is 13.1 Å². The first kappa shape index (κ1) is 59.6. The molecule has 0 radical (unpaired) electrons. The number of hydrogen-bond donors (Lipinski definition) is 3. The number of likely N-dealkylation sites (tertiary alicyclic amines) is 1. The summed E-state index contributed by atoms with van der Waals surface area (Å²) in [6.07, 6.45) is -6.26. The van der Waals surface area contributed by atoms with Crippen molar-refractivity contribution in [3.63, 3.8) is 0 Å². The van der Waals surface area contributed by atoms with E-state index in [1.54, 1.807) is 60.7 Å². The number of ether oxygens (including phenoxy) is 7. The highest BCUT2D eigenvalue weighted by Gasteiger charge is 2.44. The number of nitrogens with one attached hydrogen (secondary N) is 1. The van der Waals surface area contributed by atoms with Crippen molar-refractivity contribution in [3.05, 3.63) is 298 Å². The standard InChI is InChI=1S/C71H62N2O14/c74-59-41-73(71(80)86-47-53-30-17-6-18-31-53)40-58(72-68(77)54-34-36-56(37-35-54)81-42-48-20-7-1-8-21-48)67(65(59)75)87-69(78)55-38-61(83-44-50-24-11-3-12-25-50)64(62(39-55)84-45-51-26-13-4-14-27-51)66(76)63-57(70(79)85-46-52-28-15-5-16-29-52)32-19-33-60(63)82-43-49-22-9-2-10-23-49/h1-39,58-59,65,67,74-75H,40-47H2,(H,72,77)/t58-,59?,65?,67+/m1/s1. The molecule has 87 heavy (non-hydrogen) atoms. The van der Waals surface area contributed by atoms with Crippen LogP contribution in [0.3, 0.4) is 0 Å². The zero-order valence-corrected chi connectivity index (χ0v) is 47.2. The molecular formula is C71H62N2O14. The maximum absolute atomic E-state index is 15.9. The third-order valence-electron chi connectivity index (χ3n) is 14.3. The average molecular weight is 1170 g/mol. The normalized spacial score (nSPS) is 15.4. The molecule has 1 heterocycles. The number of aliphatic hydroxyl groups excluding tert-OH is 2. The Morgan fingerprint density at radius 2 is 0.862 bits per heavy atom. The number of carbonyl (C=O) groups is 5. The monoisotopic (exact) mass is 1170 g/mol. The highest BCUT2D eigenvalue weighted by molar-refractivity contribution is 6.19. The van der Waals surface area contributed by atoms with Gasteiger partial charge < -0.3 is 53.6 Å². The molecule has 0 aromatic heterocycles. The molecule has 4 atom stereocenters. The van der Waals surface area contributed by atoms with Gasteiger partial charge in [-0.15, -0.1) is 0 Å². The van der Waals surface area contributed by atoms with Crippen LogP contribution in [-0.4, -0.2) is 82.3 Å². The van der Waals surface area contributed by atoms with Gasteiger partial charge in [-0.2, -0.15) is 0 Å². The lowest BCUT2D eigenvalue weighted by Crippen LogP contribution is -2.54. The molecule has 1 aliphatic rings. The smallest absolute Gasteiger partial charge is 0.410 e. The second-order valence-corrected chi connectivity index (χ2v) is 20.5. The summed E-state index contributed by atoms with van der Waals surface area (Å²) in [4.78, 5) is 74.7. The lowest BCUT2D eigenvalue weighted by Gasteiger charge is -2.30. The van der Waals surface area contributed by atoms with E-state index in [2.05, 4.69) is 5.32 Å². The van der Waals surface area contributed by atoms with Crippen LogP contribution in [0.2, 0.25) is 0 Å². The summed E-state index contributed by atoms with van der Waals surface area (Å²) in [5.74, 6) is -3.27. The van der Waals surface area contributed by atoms with Crippen LogP contribution in [-0.2, 0) is 53.9 Å². The van der Waals surface area contributed by atoms with Crippen LogP contribution in [0.25, 0.3) is 0 Å². The van der Waals surface area contributed by atoms with Crippen molar-refractivity contribution >= 4 is 29.7 Å². The summed E-state index contributed by atoms with van der Waals surface area (Å²) < 4.78 is 43.2. The van der Waals surface area contributed by atoms with Gasteiger partial charge in [0.15, 0.2) is 6.10 Å². The van der Waals surface area contributed by atoms with E-state index >= 15 is 9.59 Å². The summed E-state index contributed by atoms with van der Waals surface area (Å²) in [5.41, 5.74) is 3.85. The average Bonchev–Trinajstić information content (AvgIpc) is 1.72. The molecule has 0 bridgehead atoms. The molecule has 2 amide bonds. The van der Waals surface area contributed by atoms with E-state index < -0.39 is 67.2 Å². The second kappa shape index (κ2) is 29.3. The highest BCUT2D eigenvalue weighted by Crippen LogP contribution is 2.39. The Morgan fingerprint density at radius 1 is 0.425 bits per heavy atom. The summed E-state index contributed by atoms with van der Waals surface area (Å²) in [6.45, 7) is -1.10. The number of esters is 2. The molecular weight excluding hydrogens is 1100 g/mol. The molecule has 2 unspecified atom stereocenters. The summed E-state index contributed by atoms with van der Waals surface area (Å²) >= 11 is 0. The predicted octanol–water partition coefficient (Wildman–Crippen LogP) is 11.3. The summed E-state index contributed by atoms with van der Waals surface area (Å²) in [6, 6.07) is 67.0. The van der Waals surface area contributed by atoms with Crippen LogP contribution in [0.4, 0.5) is 4.79 Å². The van der Waals surface area contributed by atoms with Crippen molar-refractivity contribution in [1.82, 2.24) is 10.2 Å². The minimum atomic E-state index is -1.91. The van der Waals surface area contributed by atoms with Crippen LogP contribution in [0, 0.1) is 0 Å². The van der Waals surface area contributed by atoms with Gasteiger partial charge >= 0.3 is 18.0 Å². The lowest BCUT2D eigenvalue weighted by molar-refractivity contribution is -0.0718. The number of rotatable bonds is 23. The molecule has 16 nitrogen and oxygen atoms in total. The van der Waals surface area contributed by atoms with Crippen molar-refractivity contribution in [2.24, 2.45) is 0 Å². The van der Waals surface area contributed by atoms with Crippen LogP contribution in [0.5, 0.6) is 23.0 Å². The van der Waals surface area contributed by atoms with E-state index in [9.17, 15) is 24.6 Å². The van der Waals surface area contributed by atoms with Gasteiger partial charge in [0.05, 0.1) is 29.3 Å². The molecule has 1 saturated heterocycles. The molecule has 1 aliphatic heterocycles. The molecule has 0 aliphatic carbocycles. The predicted molar refractivity (Wildman–Crippen MR) is 322 cm³/mol. The first-order valence-corrected chi connectivity index (χ1v) is 28.2. The molecule has 9 aromatic carbocycles. The van der Waals surface area contributed by atoms with E-state index in [4.69, 9.17) is 33.2 Å². The molecule has 0 saturated carbocycles. The zero-order chi connectivity index (χ0) is 60.3. The van der Waals surface area contributed by atoms with Gasteiger partial charge in [0.1, 0.15) is 80.4 Å². The number of carbonyl (C=O) groups excluding carboxylic acids is 5. The van der Waals surface area contributed by atoms with Gasteiger partial charge in [0.2, 0.25) is 5.78 Å². The number of nitrogens with zero attached hydrogens (tertiary/aromatic N) is 1. The van der Waals surface area contributed by atoms with Crippen molar-refractivity contribution in [2.45, 2.75) is 64.0 Å². The van der Waals surface area contributed by atoms with Crippen LogP contribution >= 0.6 is 0 Å². The molecule has 9 aromatic rings. The van der Waals surface area contributed by atoms with Crippen LogP contribution < -0.4 is 24.3 Å². The Morgan fingerprint density at radius 3 is 1.34 bits per heavy atom. The molecule has 16 heteroatoms. The maximum Gasteiger partial charge on any atom is 0.410 e. The molecule has 3 N–H and O–H groups in total. The zero-order valence-electron chi connectivity index (χ0n) is 47.2. The summed E-state index contributed by atoms with van der Waals surface area (Å²) in [5, 5.41) is 26.5. The van der Waals surface area contributed by atoms with Gasteiger partial charge in [-0.3, -0.25) is 9.59 Å². The second-order valence-electron chi connectivity index (χ2n) is 20.5. The third-order valence-corrected chi connectivity index (χ3v) is 14.3. The first-order chi connectivity index (χ1) is 42.5. The number of hydrogen-bond acceptors (Lipinski definition) is 14. The van der Waals surface area contributed by atoms with Crippen molar-refractivity contribution < 1.29 is 67.3 Å². The Bertz CT molecular complexity index is 3680. The first-order valence-electron chi connectivity index (χ1n) is 28.2. The fraction of sp³-hybridized carbons (Fsp3) is 0.169. The van der Waals surface area contributed by atoms with Gasteiger partial charge in [0, 0.05) is 12.1 Å². The van der Waals surface area contributed by atoms with Crippen molar-refractivity contribution in [3.8, 4) is 23.0 Å². The number of benzene rings is 9. The SMILES string of the molecule is O=C(N[C@@H]1CN(C(=O)OCc2ccccc2)CC(O)C(O)[C@H]1OC(=O)c1cc(OCc2ccccc2)c(C(=O)c2c(OCc3ccccc3)cccc2C(=O)OCc2ccccc2)c(OCc2ccccc2)c1)c1ccc(OCc2ccccc2)cc1. The quantitative estimate of drug-likeness (QED) is 0.0310. The maximum atomic E-state index is 15.9. The minimum Gasteiger partial charge on any atom is -0.489 e. The van der Waals surface area contributed by atoms with Gasteiger partial charge in [-0.1, -0.05) is 188 Å². The van der Waals surface area contributed by atoms with Gasteiger partial charge in [-0.05, 0) is 81.9 Å². The van der Waals surface area contributed by atoms with E-state index in [-0.39, 0.29) is 84.7 Å². The van der Waals surface area contributed by atoms with E-state index in [1.807, 2.05) is 146 Å². The highest BCUT2D eigenvalue weighted by atomic mass is 16.6. The third kappa shape index (κ3) is 16.0. The van der Waals surface area contributed by atoms with Gasteiger partial charge in [0.25, 0.3) is 5.91 Å². The fourth-order valence-corrected chi connectivity index (χ4v) is 9.68. The van der Waals surface area contributed by atoms with Crippen LogP contribution in [0.1, 0.15) is 80.4 Å². The van der Waals surface area contributed by atoms with E-state index in [0.717, 1.165) is 16.0 Å². The summed E-state index contributed by atoms with van der Waals surface area (Å²) in [7, 11) is 0. The largest absolute Gasteiger partial charge is 0.489 e. The van der Waals surface area contributed by atoms with Crippen LogP contribution in [0.15, 0.2) is 237 Å².